The highest BCUT2D eigenvalue weighted by atomic mass is 35.5. The smallest absolute Gasteiger partial charge is 0.455 e. The van der Waals surface area contributed by atoms with Gasteiger partial charge >= 0.3 is 6.16 Å². The van der Waals surface area contributed by atoms with Crippen LogP contribution in [0.1, 0.15) is 49.4 Å². The molecule has 10 heteroatoms. The van der Waals surface area contributed by atoms with E-state index in [1.165, 1.54) is 0 Å². The Kier molecular flexibility index (Phi) is 8.49. The summed E-state index contributed by atoms with van der Waals surface area (Å²) in [4.78, 5) is 20.9. The minimum Gasteiger partial charge on any atom is -0.455 e. The maximum Gasteiger partial charge on any atom is 0.511 e. The summed E-state index contributed by atoms with van der Waals surface area (Å²) in [6, 6.07) is 12.0. The van der Waals surface area contributed by atoms with Gasteiger partial charge in [0.25, 0.3) is 0 Å². The third-order valence-electron chi connectivity index (χ3n) is 5.46. The summed E-state index contributed by atoms with van der Waals surface area (Å²) in [5.41, 5.74) is 1.96. The van der Waals surface area contributed by atoms with Crippen LogP contribution in [0.3, 0.4) is 0 Å². The fourth-order valence-corrected chi connectivity index (χ4v) is 4.41. The number of aliphatic imine (C=N–C) groups is 1. The highest BCUT2D eigenvalue weighted by Crippen LogP contribution is 2.41. The molecule has 2 heterocycles. The number of allylic oxidation sites excluding steroid dienone is 1. The van der Waals surface area contributed by atoms with Gasteiger partial charge in [-0.1, -0.05) is 35.3 Å². The Bertz CT molecular complexity index is 1420. The quantitative estimate of drug-likeness (QED) is 0.251. The SMILES string of the molecule is CC(C)OC(=O)OCOc1c(C(NC2=CCCC=N2)c2cccc(C#N)c2Cl)cc(Cl)c2cccnc12. The molecule has 2 aromatic carbocycles. The number of hydrogen-bond donors (Lipinski definition) is 1. The van der Waals surface area contributed by atoms with Gasteiger partial charge in [0.05, 0.1) is 27.8 Å². The maximum absolute atomic E-state index is 11.9. The van der Waals surface area contributed by atoms with E-state index in [-0.39, 0.29) is 11.1 Å². The van der Waals surface area contributed by atoms with Gasteiger partial charge in [0.2, 0.25) is 6.79 Å². The van der Waals surface area contributed by atoms with E-state index in [0.717, 1.165) is 12.8 Å². The van der Waals surface area contributed by atoms with E-state index >= 15 is 0 Å². The molecule has 1 unspecified atom stereocenters. The van der Waals surface area contributed by atoms with Crippen LogP contribution in [0.5, 0.6) is 5.75 Å². The molecule has 37 heavy (non-hydrogen) atoms. The Labute approximate surface area is 224 Å². The topological polar surface area (TPSA) is 106 Å². The molecule has 1 aliphatic rings. The minimum absolute atomic E-state index is 0.280. The van der Waals surface area contributed by atoms with Crippen molar-refractivity contribution in [2.75, 3.05) is 6.79 Å². The van der Waals surface area contributed by atoms with Crippen molar-refractivity contribution in [3.63, 3.8) is 0 Å². The summed E-state index contributed by atoms with van der Waals surface area (Å²) >= 11 is 13.4. The Hall–Kier alpha value is -3.80. The van der Waals surface area contributed by atoms with E-state index in [1.54, 1.807) is 44.3 Å². The minimum atomic E-state index is -0.857. The Balaban J connectivity index is 1.84. The molecule has 0 radical (unpaired) electrons. The van der Waals surface area contributed by atoms with Crippen LogP contribution < -0.4 is 10.1 Å². The third kappa shape index (κ3) is 6.13. The predicted octanol–water partition coefficient (Wildman–Crippen LogP) is 6.70. The fraction of sp³-hybridized carbons (Fsp3) is 0.259. The number of ether oxygens (including phenoxy) is 3. The zero-order valence-electron chi connectivity index (χ0n) is 20.2. The van der Waals surface area contributed by atoms with E-state index < -0.39 is 19.0 Å². The molecule has 190 valence electrons. The van der Waals surface area contributed by atoms with Gasteiger partial charge in [0, 0.05) is 23.4 Å². The first kappa shape index (κ1) is 26.3. The molecule has 0 spiro atoms. The average Bonchev–Trinajstić information content (AvgIpc) is 2.89. The predicted molar refractivity (Wildman–Crippen MR) is 142 cm³/mol. The number of aromatic nitrogens is 1. The number of benzene rings is 2. The molecule has 1 aliphatic heterocycles. The number of carbonyl (C=O) groups is 1. The van der Waals surface area contributed by atoms with Crippen LogP contribution in [-0.4, -0.2) is 30.3 Å². The number of nitriles is 1. The number of nitrogens with zero attached hydrogens (tertiary/aromatic N) is 3. The van der Waals surface area contributed by atoms with Gasteiger partial charge in [-0.25, -0.2) is 9.79 Å². The first-order valence-corrected chi connectivity index (χ1v) is 12.4. The molecular formula is C27H24Cl2N4O4. The molecular weight excluding hydrogens is 515 g/mol. The van der Waals surface area contributed by atoms with Crippen LogP contribution in [0.25, 0.3) is 10.9 Å². The zero-order chi connectivity index (χ0) is 26.4. The van der Waals surface area contributed by atoms with Crippen molar-refractivity contribution in [3.8, 4) is 11.8 Å². The first-order chi connectivity index (χ1) is 17.9. The summed E-state index contributed by atoms with van der Waals surface area (Å²) in [6.07, 6.45) is 5.87. The van der Waals surface area contributed by atoms with Gasteiger partial charge in [0.1, 0.15) is 17.4 Å². The Morgan fingerprint density at radius 2 is 2.03 bits per heavy atom. The molecule has 0 aliphatic carbocycles. The summed E-state index contributed by atoms with van der Waals surface area (Å²) in [5.74, 6) is 0.961. The lowest BCUT2D eigenvalue weighted by Gasteiger charge is -2.26. The monoisotopic (exact) mass is 538 g/mol. The van der Waals surface area contributed by atoms with Crippen molar-refractivity contribution in [1.82, 2.24) is 10.3 Å². The normalized spacial score (nSPS) is 13.6. The van der Waals surface area contributed by atoms with E-state index in [2.05, 4.69) is 21.4 Å². The number of rotatable bonds is 8. The average molecular weight is 539 g/mol. The van der Waals surface area contributed by atoms with Crippen molar-refractivity contribution in [3.05, 3.63) is 81.2 Å². The molecule has 1 atom stereocenters. The lowest BCUT2D eigenvalue weighted by molar-refractivity contribution is -0.00812. The van der Waals surface area contributed by atoms with Crippen molar-refractivity contribution < 1.29 is 19.0 Å². The van der Waals surface area contributed by atoms with Crippen molar-refractivity contribution >= 4 is 46.5 Å². The number of halogens is 2. The van der Waals surface area contributed by atoms with Gasteiger partial charge in [-0.15, -0.1) is 0 Å². The largest absolute Gasteiger partial charge is 0.511 e. The number of nitrogens with one attached hydrogen (secondary N) is 1. The Morgan fingerprint density at radius 3 is 2.76 bits per heavy atom. The van der Waals surface area contributed by atoms with E-state index in [0.29, 0.717) is 44.2 Å². The molecule has 4 rings (SSSR count). The lowest BCUT2D eigenvalue weighted by Crippen LogP contribution is -2.24. The standard InChI is InChI=1S/C27H24Cl2N4O4/c1-16(2)37-27(34)36-15-35-26-20(13-21(28)18-9-6-12-32-25(18)26)24(33-22-10-3-4-11-31-22)19-8-5-7-17(14-30)23(19)29/h5-13,16,24,33H,3-4,15H2,1-2H3. The maximum atomic E-state index is 11.9. The first-order valence-electron chi connectivity index (χ1n) is 11.6. The summed E-state index contributed by atoms with van der Waals surface area (Å²) in [7, 11) is 0. The second kappa shape index (κ2) is 12.0. The highest BCUT2D eigenvalue weighted by molar-refractivity contribution is 6.35. The number of carbonyl (C=O) groups excluding carboxylic acids is 1. The van der Waals surface area contributed by atoms with Crippen LogP contribution in [0.2, 0.25) is 10.0 Å². The molecule has 1 N–H and O–H groups in total. The highest BCUT2D eigenvalue weighted by Gasteiger charge is 2.27. The molecule has 1 aromatic heterocycles. The van der Waals surface area contributed by atoms with Crippen LogP contribution in [0.15, 0.2) is 59.5 Å². The van der Waals surface area contributed by atoms with Crippen LogP contribution >= 0.6 is 23.2 Å². The molecule has 0 saturated carbocycles. The van der Waals surface area contributed by atoms with E-state index in [9.17, 15) is 10.1 Å². The third-order valence-corrected chi connectivity index (χ3v) is 6.20. The van der Waals surface area contributed by atoms with E-state index in [1.807, 2.05) is 24.4 Å². The summed E-state index contributed by atoms with van der Waals surface area (Å²) in [6.45, 7) is 3.01. The van der Waals surface area contributed by atoms with Gasteiger partial charge in [-0.2, -0.15) is 5.26 Å². The zero-order valence-corrected chi connectivity index (χ0v) is 21.7. The second-order valence-corrected chi connectivity index (χ2v) is 9.16. The summed E-state index contributed by atoms with van der Waals surface area (Å²) in [5, 5.41) is 14.4. The Morgan fingerprint density at radius 1 is 1.19 bits per heavy atom. The lowest BCUT2D eigenvalue weighted by atomic mass is 9.94. The van der Waals surface area contributed by atoms with Crippen molar-refractivity contribution in [2.45, 2.75) is 38.8 Å². The van der Waals surface area contributed by atoms with Gasteiger partial charge in [-0.3, -0.25) is 4.98 Å². The second-order valence-electron chi connectivity index (χ2n) is 8.38. The van der Waals surface area contributed by atoms with Crippen LogP contribution in [0, 0.1) is 11.3 Å². The van der Waals surface area contributed by atoms with Crippen LogP contribution in [-0.2, 0) is 9.47 Å². The number of pyridine rings is 1. The molecule has 8 nitrogen and oxygen atoms in total. The number of hydrogen-bond acceptors (Lipinski definition) is 8. The molecule has 3 aromatic rings. The fourth-order valence-electron chi connectivity index (χ4n) is 3.86. The van der Waals surface area contributed by atoms with Crippen molar-refractivity contribution in [1.29, 1.82) is 5.26 Å². The molecule has 0 amide bonds. The summed E-state index contributed by atoms with van der Waals surface area (Å²) < 4.78 is 16.1. The molecule has 0 saturated heterocycles. The number of fused-ring (bicyclic) bond motifs is 1. The van der Waals surface area contributed by atoms with Gasteiger partial charge in [-0.05, 0) is 62.6 Å². The van der Waals surface area contributed by atoms with Crippen molar-refractivity contribution in [2.24, 2.45) is 4.99 Å². The van der Waals surface area contributed by atoms with E-state index in [4.69, 9.17) is 37.4 Å². The van der Waals surface area contributed by atoms with Crippen LogP contribution in [0.4, 0.5) is 4.79 Å². The van der Waals surface area contributed by atoms with Gasteiger partial charge in [0.15, 0.2) is 5.75 Å². The molecule has 0 fully saturated rings. The molecule has 0 bridgehead atoms. The van der Waals surface area contributed by atoms with Gasteiger partial charge < -0.3 is 19.5 Å².